The van der Waals surface area contributed by atoms with Gasteiger partial charge in [-0.25, -0.2) is 0 Å². The van der Waals surface area contributed by atoms with Crippen LogP contribution in [0.3, 0.4) is 0 Å². The lowest BCUT2D eigenvalue weighted by Crippen LogP contribution is -2.44. The number of likely N-dealkylation sites (tertiary alicyclic amines) is 1. The molecule has 1 fully saturated rings. The van der Waals surface area contributed by atoms with E-state index in [0.29, 0.717) is 19.7 Å². The summed E-state index contributed by atoms with van der Waals surface area (Å²) >= 11 is 0. The molecule has 31 heavy (non-hydrogen) atoms. The molecule has 6 heteroatoms. The average molecular weight is 423 g/mol. The van der Waals surface area contributed by atoms with Crippen molar-refractivity contribution in [3.05, 3.63) is 59.4 Å². The van der Waals surface area contributed by atoms with E-state index in [0.717, 1.165) is 56.9 Å². The first-order chi connectivity index (χ1) is 15.1. The zero-order valence-corrected chi connectivity index (χ0v) is 18.8. The van der Waals surface area contributed by atoms with Crippen LogP contribution in [0.2, 0.25) is 0 Å². The van der Waals surface area contributed by atoms with Crippen LogP contribution in [0.25, 0.3) is 0 Å². The zero-order valence-electron chi connectivity index (χ0n) is 18.8. The van der Waals surface area contributed by atoms with Gasteiger partial charge in [0.05, 0.1) is 12.5 Å². The van der Waals surface area contributed by atoms with E-state index >= 15 is 0 Å². The summed E-state index contributed by atoms with van der Waals surface area (Å²) in [5.74, 6) is 1.30. The first-order valence-corrected chi connectivity index (χ1v) is 11.5. The maximum Gasteiger partial charge on any atom is 0.227 e. The number of ether oxygens (including phenoxy) is 1. The topological polar surface area (TPSA) is 48.9 Å². The summed E-state index contributed by atoms with van der Waals surface area (Å²) in [5.41, 5.74) is 3.64. The number of pyridine rings is 1. The highest BCUT2D eigenvalue weighted by molar-refractivity contribution is 5.79. The van der Waals surface area contributed by atoms with Crippen LogP contribution in [-0.2, 0) is 24.4 Å². The van der Waals surface area contributed by atoms with Crippen LogP contribution in [0.15, 0.2) is 42.7 Å². The molecule has 2 aromatic rings. The molecule has 2 aliphatic rings. The Labute approximate surface area is 185 Å². The van der Waals surface area contributed by atoms with Gasteiger partial charge in [0.1, 0.15) is 12.4 Å². The van der Waals surface area contributed by atoms with Gasteiger partial charge in [-0.05, 0) is 68.4 Å². The Morgan fingerprint density at radius 3 is 2.74 bits per heavy atom. The molecule has 3 heterocycles. The molecule has 1 unspecified atom stereocenters. The highest BCUT2D eigenvalue weighted by atomic mass is 16.5. The quantitative estimate of drug-likeness (QED) is 0.716. The summed E-state index contributed by atoms with van der Waals surface area (Å²) in [6.45, 7) is 8.73. The molecule has 0 radical (unpaired) electrons. The Morgan fingerprint density at radius 2 is 1.97 bits per heavy atom. The van der Waals surface area contributed by atoms with Crippen LogP contribution in [0.5, 0.6) is 5.75 Å². The van der Waals surface area contributed by atoms with Crippen molar-refractivity contribution in [2.75, 3.05) is 39.8 Å². The van der Waals surface area contributed by atoms with Gasteiger partial charge in [0.15, 0.2) is 0 Å². The zero-order chi connectivity index (χ0) is 21.6. The molecule has 0 bridgehead atoms. The second-order valence-corrected chi connectivity index (χ2v) is 8.81. The van der Waals surface area contributed by atoms with E-state index < -0.39 is 0 Å². The van der Waals surface area contributed by atoms with Crippen molar-refractivity contribution in [1.82, 2.24) is 19.7 Å². The summed E-state index contributed by atoms with van der Waals surface area (Å²) in [6.07, 6.45) is 5.79. The predicted molar refractivity (Wildman–Crippen MR) is 122 cm³/mol. The molecule has 1 saturated heterocycles. The highest BCUT2D eigenvalue weighted by Gasteiger charge is 2.29. The van der Waals surface area contributed by atoms with E-state index in [1.165, 1.54) is 11.1 Å². The second-order valence-electron chi connectivity index (χ2n) is 8.81. The van der Waals surface area contributed by atoms with E-state index in [1.807, 2.05) is 17.3 Å². The second kappa shape index (κ2) is 10.2. The van der Waals surface area contributed by atoms with Crippen LogP contribution in [-0.4, -0.2) is 65.4 Å². The van der Waals surface area contributed by atoms with Crippen molar-refractivity contribution in [2.24, 2.45) is 5.92 Å². The van der Waals surface area contributed by atoms with E-state index in [2.05, 4.69) is 59.1 Å². The molecule has 6 nitrogen and oxygen atoms in total. The number of aromatic nitrogens is 1. The van der Waals surface area contributed by atoms with Gasteiger partial charge in [-0.2, -0.15) is 0 Å². The van der Waals surface area contributed by atoms with Crippen LogP contribution in [0.1, 0.15) is 36.5 Å². The largest absolute Gasteiger partial charge is 0.491 e. The number of rotatable bonds is 6. The Hall–Kier alpha value is -2.44. The fraction of sp³-hybridized carbons (Fsp3) is 0.520. The van der Waals surface area contributed by atoms with Gasteiger partial charge in [0.2, 0.25) is 5.91 Å². The lowest BCUT2D eigenvalue weighted by atomic mass is 9.96. The molecule has 1 aromatic carbocycles. The maximum atomic E-state index is 13.2. The van der Waals surface area contributed by atoms with Gasteiger partial charge in [-0.1, -0.05) is 13.0 Å². The van der Waals surface area contributed by atoms with Gasteiger partial charge in [0.25, 0.3) is 0 Å². The van der Waals surface area contributed by atoms with Crippen molar-refractivity contribution in [2.45, 2.75) is 39.4 Å². The Bertz CT molecular complexity index is 873. The monoisotopic (exact) mass is 422 g/mol. The first kappa shape index (κ1) is 21.8. The van der Waals surface area contributed by atoms with Crippen LogP contribution in [0.4, 0.5) is 0 Å². The van der Waals surface area contributed by atoms with Crippen LogP contribution in [0, 0.1) is 5.92 Å². The molecule has 1 atom stereocenters. The molecule has 1 aromatic heterocycles. The number of piperidine rings is 1. The lowest BCUT2D eigenvalue weighted by molar-refractivity contribution is -0.138. The molecule has 0 spiro atoms. The average Bonchev–Trinajstić information content (AvgIpc) is 3.01. The fourth-order valence-electron chi connectivity index (χ4n) is 4.64. The van der Waals surface area contributed by atoms with Gasteiger partial charge >= 0.3 is 0 Å². The summed E-state index contributed by atoms with van der Waals surface area (Å²) in [6, 6.07) is 10.6. The van der Waals surface area contributed by atoms with Gasteiger partial charge in [-0.3, -0.25) is 14.7 Å². The minimum absolute atomic E-state index is 0.111. The molecular formula is C25H34N4O2. The van der Waals surface area contributed by atoms with E-state index in [9.17, 15) is 4.79 Å². The van der Waals surface area contributed by atoms with Crippen molar-refractivity contribution >= 4 is 5.91 Å². The number of hydrogen-bond donors (Lipinski definition) is 0. The number of fused-ring (bicyclic) bond motifs is 1. The van der Waals surface area contributed by atoms with E-state index in [4.69, 9.17) is 4.74 Å². The summed E-state index contributed by atoms with van der Waals surface area (Å²) < 4.78 is 5.99. The molecule has 4 rings (SSSR count). The lowest BCUT2D eigenvalue weighted by Gasteiger charge is -2.32. The smallest absolute Gasteiger partial charge is 0.227 e. The summed E-state index contributed by atoms with van der Waals surface area (Å²) in [7, 11) is 2.11. The fourth-order valence-corrected chi connectivity index (χ4v) is 4.64. The third-order valence-corrected chi connectivity index (χ3v) is 6.40. The van der Waals surface area contributed by atoms with Crippen molar-refractivity contribution in [3.8, 4) is 5.75 Å². The molecule has 0 aliphatic carbocycles. The normalized spacial score (nSPS) is 19.6. The van der Waals surface area contributed by atoms with E-state index in [-0.39, 0.29) is 11.8 Å². The molecule has 1 amide bonds. The highest BCUT2D eigenvalue weighted by Crippen LogP contribution is 2.27. The van der Waals surface area contributed by atoms with Crippen molar-refractivity contribution in [3.63, 3.8) is 0 Å². The number of hydrogen-bond acceptors (Lipinski definition) is 5. The number of carbonyl (C=O) groups is 1. The van der Waals surface area contributed by atoms with Crippen LogP contribution >= 0.6 is 0 Å². The van der Waals surface area contributed by atoms with Gasteiger partial charge < -0.3 is 14.5 Å². The molecule has 0 N–H and O–H groups in total. The number of nitrogens with zero attached hydrogens (tertiary/aromatic N) is 4. The Kier molecular flexibility index (Phi) is 7.20. The predicted octanol–water partition coefficient (Wildman–Crippen LogP) is 3.17. The molecule has 0 saturated carbocycles. The number of amides is 1. The minimum atomic E-state index is 0.111. The van der Waals surface area contributed by atoms with Crippen molar-refractivity contribution < 1.29 is 9.53 Å². The first-order valence-electron chi connectivity index (χ1n) is 11.5. The Morgan fingerprint density at radius 1 is 1.16 bits per heavy atom. The minimum Gasteiger partial charge on any atom is -0.491 e. The third-order valence-electron chi connectivity index (χ3n) is 6.40. The van der Waals surface area contributed by atoms with Gasteiger partial charge in [0, 0.05) is 44.1 Å². The SMILES string of the molecule is CCN(Cc1ccncc1)Cc1ccc2c(c1)CN(C(=O)C1CCCN(C)C1)CCO2. The van der Waals surface area contributed by atoms with Crippen molar-refractivity contribution in [1.29, 1.82) is 0 Å². The standard InChI is InChI=1S/C25H34N4O2/c1-3-28(16-20-8-10-26-11-9-20)17-21-6-7-24-23(15-21)19-29(13-14-31-24)25(30)22-5-4-12-27(2)18-22/h6-11,15,22H,3-5,12-14,16-19H2,1-2H3. The third kappa shape index (κ3) is 5.63. The maximum absolute atomic E-state index is 13.2. The number of benzene rings is 1. The summed E-state index contributed by atoms with van der Waals surface area (Å²) in [4.78, 5) is 24.0. The van der Waals surface area contributed by atoms with Crippen LogP contribution < -0.4 is 4.74 Å². The number of carbonyl (C=O) groups excluding carboxylic acids is 1. The Balaban J connectivity index is 1.45. The molecule has 2 aliphatic heterocycles. The molecule has 166 valence electrons. The van der Waals surface area contributed by atoms with E-state index in [1.54, 1.807) is 0 Å². The molecular weight excluding hydrogens is 388 g/mol. The van der Waals surface area contributed by atoms with Gasteiger partial charge in [-0.15, -0.1) is 0 Å². The summed E-state index contributed by atoms with van der Waals surface area (Å²) in [5, 5.41) is 0.